The summed E-state index contributed by atoms with van der Waals surface area (Å²) in [6.45, 7) is 2.89. The molecule has 0 amide bonds. The molecule has 0 saturated carbocycles. The molecule has 4 aromatic rings. The molecule has 0 aliphatic carbocycles. The van der Waals surface area contributed by atoms with Crippen molar-refractivity contribution >= 4 is 38.4 Å². The lowest BCUT2D eigenvalue weighted by atomic mass is 9.97. The number of nitrogens with zero attached hydrogens (tertiary/aromatic N) is 1. The average Bonchev–Trinajstić information content (AvgIpc) is 2.82. The van der Waals surface area contributed by atoms with Crippen LogP contribution in [0.3, 0.4) is 0 Å². The van der Waals surface area contributed by atoms with Gasteiger partial charge in [-0.1, -0.05) is 72.8 Å². The van der Waals surface area contributed by atoms with Gasteiger partial charge in [0.1, 0.15) is 6.61 Å². The van der Waals surface area contributed by atoms with Crippen molar-refractivity contribution < 1.29 is 9.47 Å². The summed E-state index contributed by atoms with van der Waals surface area (Å²) in [6, 6.07) is 30.3. The van der Waals surface area contributed by atoms with Crippen LogP contribution in [0.2, 0.25) is 0 Å². The van der Waals surface area contributed by atoms with E-state index in [0.717, 1.165) is 31.9 Å². The monoisotopic (exact) mass is 483 g/mol. The van der Waals surface area contributed by atoms with E-state index in [9.17, 15) is 5.26 Å². The van der Waals surface area contributed by atoms with Gasteiger partial charge in [-0.3, -0.25) is 0 Å². The van der Waals surface area contributed by atoms with Crippen molar-refractivity contribution in [1.82, 2.24) is 0 Å². The molecule has 0 aliphatic rings. The lowest BCUT2D eigenvalue weighted by Crippen LogP contribution is -2.01. The predicted molar refractivity (Wildman–Crippen MR) is 134 cm³/mol. The van der Waals surface area contributed by atoms with E-state index in [2.05, 4.69) is 34.1 Å². The van der Waals surface area contributed by atoms with Gasteiger partial charge >= 0.3 is 0 Å². The minimum Gasteiger partial charge on any atom is -0.490 e. The van der Waals surface area contributed by atoms with Gasteiger partial charge in [0.2, 0.25) is 0 Å². The molecule has 0 saturated heterocycles. The van der Waals surface area contributed by atoms with Gasteiger partial charge in [0.25, 0.3) is 0 Å². The van der Waals surface area contributed by atoms with Crippen LogP contribution in [0.5, 0.6) is 11.5 Å². The molecule has 0 N–H and O–H groups in total. The summed E-state index contributed by atoms with van der Waals surface area (Å²) >= 11 is 3.63. The van der Waals surface area contributed by atoms with E-state index in [1.54, 1.807) is 0 Å². The summed E-state index contributed by atoms with van der Waals surface area (Å²) in [5.74, 6) is 1.29. The smallest absolute Gasteiger partial charge is 0.175 e. The van der Waals surface area contributed by atoms with Gasteiger partial charge in [-0.05, 0) is 63.0 Å². The number of fused-ring (bicyclic) bond motifs is 1. The van der Waals surface area contributed by atoms with Crippen molar-refractivity contribution in [2.75, 3.05) is 6.61 Å². The van der Waals surface area contributed by atoms with Gasteiger partial charge in [0, 0.05) is 5.56 Å². The number of hydrogen-bond donors (Lipinski definition) is 0. The van der Waals surface area contributed by atoms with Crippen LogP contribution in [-0.4, -0.2) is 6.61 Å². The zero-order valence-electron chi connectivity index (χ0n) is 17.7. The Labute approximate surface area is 196 Å². The minimum absolute atomic E-state index is 0.439. The number of hydrogen-bond acceptors (Lipinski definition) is 3. The molecule has 0 radical (unpaired) electrons. The highest BCUT2D eigenvalue weighted by Gasteiger charge is 2.13. The van der Waals surface area contributed by atoms with Gasteiger partial charge in [-0.15, -0.1) is 0 Å². The quantitative estimate of drug-likeness (QED) is 0.200. The van der Waals surface area contributed by atoms with Crippen LogP contribution in [0.25, 0.3) is 22.4 Å². The van der Waals surface area contributed by atoms with Crippen molar-refractivity contribution in [1.29, 1.82) is 5.26 Å². The first-order valence-electron chi connectivity index (χ1n) is 10.4. The van der Waals surface area contributed by atoms with Crippen LogP contribution in [0.1, 0.15) is 23.6 Å². The van der Waals surface area contributed by atoms with E-state index < -0.39 is 0 Å². The Kier molecular flexibility index (Phi) is 6.89. The lowest BCUT2D eigenvalue weighted by Gasteiger charge is -2.15. The molecule has 4 heteroatoms. The second kappa shape index (κ2) is 10.2. The van der Waals surface area contributed by atoms with E-state index in [-0.39, 0.29) is 0 Å². The Morgan fingerprint density at radius 3 is 2.47 bits per heavy atom. The topological polar surface area (TPSA) is 42.2 Å². The summed E-state index contributed by atoms with van der Waals surface area (Å²) in [6.07, 6.45) is 1.88. The second-order valence-corrected chi connectivity index (χ2v) is 8.09. The van der Waals surface area contributed by atoms with Crippen molar-refractivity contribution in [2.24, 2.45) is 0 Å². The molecule has 0 atom stereocenters. The number of rotatable bonds is 7. The van der Waals surface area contributed by atoms with E-state index in [1.165, 1.54) is 0 Å². The first kappa shape index (κ1) is 21.7. The molecule has 3 nitrogen and oxygen atoms in total. The molecule has 0 fully saturated rings. The maximum Gasteiger partial charge on any atom is 0.175 e. The maximum absolute atomic E-state index is 9.92. The summed E-state index contributed by atoms with van der Waals surface area (Å²) < 4.78 is 12.7. The maximum atomic E-state index is 9.92. The average molecular weight is 484 g/mol. The largest absolute Gasteiger partial charge is 0.490 e. The Morgan fingerprint density at radius 1 is 0.938 bits per heavy atom. The van der Waals surface area contributed by atoms with Crippen molar-refractivity contribution in [3.63, 3.8) is 0 Å². The third-order valence-corrected chi connectivity index (χ3v) is 5.66. The zero-order valence-corrected chi connectivity index (χ0v) is 19.3. The molecule has 158 valence electrons. The van der Waals surface area contributed by atoms with Crippen LogP contribution < -0.4 is 9.47 Å². The first-order valence-corrected chi connectivity index (χ1v) is 11.2. The summed E-state index contributed by atoms with van der Waals surface area (Å²) in [7, 11) is 0. The molecular formula is C28H22BrNO2. The van der Waals surface area contributed by atoms with Crippen LogP contribution in [-0.2, 0) is 6.61 Å². The Morgan fingerprint density at radius 2 is 1.69 bits per heavy atom. The molecule has 0 aromatic heterocycles. The minimum atomic E-state index is 0.439. The molecule has 0 spiro atoms. The summed E-state index contributed by atoms with van der Waals surface area (Å²) in [4.78, 5) is 0. The molecule has 0 aliphatic heterocycles. The SMILES string of the molecule is CCOc1cc(/C=C(/C#N)c2cccc3ccccc23)cc(Br)c1OCc1ccccc1. The normalized spacial score (nSPS) is 11.2. The van der Waals surface area contributed by atoms with E-state index >= 15 is 0 Å². The molecule has 4 aromatic carbocycles. The van der Waals surface area contributed by atoms with Crippen molar-refractivity contribution in [3.8, 4) is 17.6 Å². The fourth-order valence-electron chi connectivity index (χ4n) is 3.60. The van der Waals surface area contributed by atoms with E-state index in [1.807, 2.05) is 85.8 Å². The molecule has 0 unspecified atom stereocenters. The zero-order chi connectivity index (χ0) is 22.3. The number of allylic oxidation sites excluding steroid dienone is 1. The van der Waals surface area contributed by atoms with Crippen LogP contribution >= 0.6 is 15.9 Å². The fraction of sp³-hybridized carbons (Fsp3) is 0.107. The highest BCUT2D eigenvalue weighted by Crippen LogP contribution is 2.38. The molecule has 0 heterocycles. The summed E-state index contributed by atoms with van der Waals surface area (Å²) in [5.41, 5.74) is 3.43. The van der Waals surface area contributed by atoms with Gasteiger partial charge in [0.05, 0.1) is 22.7 Å². The Bertz CT molecular complexity index is 1300. The fourth-order valence-corrected chi connectivity index (χ4v) is 4.18. The van der Waals surface area contributed by atoms with Gasteiger partial charge in [0.15, 0.2) is 11.5 Å². The highest BCUT2D eigenvalue weighted by atomic mass is 79.9. The second-order valence-electron chi connectivity index (χ2n) is 7.23. The number of ether oxygens (including phenoxy) is 2. The molecular weight excluding hydrogens is 462 g/mol. The van der Waals surface area contributed by atoms with Gasteiger partial charge in [-0.2, -0.15) is 5.26 Å². The van der Waals surface area contributed by atoms with Crippen molar-refractivity contribution in [2.45, 2.75) is 13.5 Å². The van der Waals surface area contributed by atoms with E-state index in [0.29, 0.717) is 30.3 Å². The molecule has 32 heavy (non-hydrogen) atoms. The van der Waals surface area contributed by atoms with Crippen LogP contribution in [0.4, 0.5) is 0 Å². The third kappa shape index (κ3) is 4.85. The lowest BCUT2D eigenvalue weighted by molar-refractivity contribution is 0.267. The van der Waals surface area contributed by atoms with Gasteiger partial charge < -0.3 is 9.47 Å². The predicted octanol–water partition coefficient (Wildman–Crippen LogP) is 7.64. The standard InChI is InChI=1S/C28H22BrNO2/c1-2-31-27-17-21(16-26(29)28(27)32-19-20-9-4-3-5-10-20)15-23(18-30)25-14-8-12-22-11-6-7-13-24(22)25/h3-17H,2,19H2,1H3/b23-15-. The number of nitriles is 1. The number of halogens is 1. The Hall–Kier alpha value is -3.55. The van der Waals surface area contributed by atoms with Crippen LogP contribution in [0.15, 0.2) is 89.4 Å². The summed E-state index contributed by atoms with van der Waals surface area (Å²) in [5, 5.41) is 12.1. The van der Waals surface area contributed by atoms with Crippen molar-refractivity contribution in [3.05, 3.63) is 106 Å². The third-order valence-electron chi connectivity index (χ3n) is 5.07. The van der Waals surface area contributed by atoms with Crippen LogP contribution in [0, 0.1) is 11.3 Å². The number of benzene rings is 4. The Balaban J connectivity index is 1.71. The molecule has 0 bridgehead atoms. The molecule has 4 rings (SSSR count). The van der Waals surface area contributed by atoms with Gasteiger partial charge in [-0.25, -0.2) is 0 Å². The highest BCUT2D eigenvalue weighted by molar-refractivity contribution is 9.10. The first-order chi connectivity index (χ1) is 15.7. The van der Waals surface area contributed by atoms with E-state index in [4.69, 9.17) is 9.47 Å².